The molecule has 0 amide bonds. The molecule has 0 spiro atoms. The molecule has 0 aliphatic carbocycles. The van der Waals surface area contributed by atoms with Crippen LogP contribution in [0.15, 0.2) is 24.3 Å². The molecular weight excluding hydrogens is 384 g/mol. The van der Waals surface area contributed by atoms with Gasteiger partial charge in [0.1, 0.15) is 11.5 Å². The molecule has 30 heavy (non-hydrogen) atoms. The molecule has 2 aromatic carbocycles. The van der Waals surface area contributed by atoms with Gasteiger partial charge in [-0.25, -0.2) is 9.59 Å². The highest BCUT2D eigenvalue weighted by atomic mass is 16.7. The number of carbonyl (C=O) groups excluding carboxylic acids is 2. The molecule has 0 radical (unpaired) electrons. The van der Waals surface area contributed by atoms with Crippen molar-refractivity contribution in [3.63, 3.8) is 0 Å². The van der Waals surface area contributed by atoms with Crippen LogP contribution in [0.3, 0.4) is 0 Å². The normalized spacial score (nSPS) is 10.7. The van der Waals surface area contributed by atoms with Gasteiger partial charge in [0.2, 0.25) is 0 Å². The van der Waals surface area contributed by atoms with Crippen LogP contribution in [-0.2, 0) is 9.47 Å². The van der Waals surface area contributed by atoms with Gasteiger partial charge < -0.3 is 18.9 Å². The SMILES string of the molecule is CCCCCOC(=O)Oc1cc(C)c(OC(=O)OCCCCC)c2ccc(C)cc12. The number of benzene rings is 2. The minimum Gasteiger partial charge on any atom is -0.434 e. The number of ether oxygens (including phenoxy) is 4. The molecule has 0 N–H and O–H groups in total. The number of carbonyl (C=O) groups is 2. The Morgan fingerprint density at radius 2 is 1.37 bits per heavy atom. The van der Waals surface area contributed by atoms with E-state index in [0.29, 0.717) is 41.0 Å². The topological polar surface area (TPSA) is 71.1 Å². The summed E-state index contributed by atoms with van der Waals surface area (Å²) >= 11 is 0. The summed E-state index contributed by atoms with van der Waals surface area (Å²) in [5.41, 5.74) is 1.64. The first kappa shape index (κ1) is 23.5. The number of rotatable bonds is 10. The van der Waals surface area contributed by atoms with Crippen LogP contribution in [0.1, 0.15) is 63.5 Å². The Bertz CT molecular complexity index is 858. The molecule has 0 bridgehead atoms. The van der Waals surface area contributed by atoms with Crippen LogP contribution in [-0.4, -0.2) is 25.5 Å². The largest absolute Gasteiger partial charge is 0.513 e. The zero-order valence-corrected chi connectivity index (χ0v) is 18.4. The van der Waals surface area contributed by atoms with Crippen molar-refractivity contribution in [3.05, 3.63) is 35.4 Å². The summed E-state index contributed by atoms with van der Waals surface area (Å²) in [7, 11) is 0. The Kier molecular flexibility index (Phi) is 9.45. The minimum atomic E-state index is -0.739. The quantitative estimate of drug-likeness (QED) is 0.239. The molecule has 164 valence electrons. The first-order valence-electron chi connectivity index (χ1n) is 10.7. The van der Waals surface area contributed by atoms with Gasteiger partial charge in [-0.2, -0.15) is 0 Å². The standard InChI is InChI=1S/C24H32O6/c1-5-7-9-13-27-23(25)29-21-16-18(4)22(19-12-11-17(3)15-20(19)21)30-24(26)28-14-10-8-6-2/h11-12,15-16H,5-10,13-14H2,1-4H3. The second-order valence-corrected chi connectivity index (χ2v) is 7.39. The smallest absolute Gasteiger partial charge is 0.434 e. The van der Waals surface area contributed by atoms with Crippen LogP contribution in [0.25, 0.3) is 10.8 Å². The second kappa shape index (κ2) is 12.1. The van der Waals surface area contributed by atoms with Crippen molar-refractivity contribution in [2.24, 2.45) is 0 Å². The van der Waals surface area contributed by atoms with E-state index in [2.05, 4.69) is 13.8 Å². The van der Waals surface area contributed by atoms with Crippen LogP contribution in [0, 0.1) is 13.8 Å². The Labute approximate surface area is 178 Å². The fourth-order valence-corrected chi connectivity index (χ4v) is 3.08. The van der Waals surface area contributed by atoms with E-state index in [0.717, 1.165) is 44.1 Å². The number of unbranched alkanes of at least 4 members (excludes halogenated alkanes) is 4. The zero-order chi connectivity index (χ0) is 21.9. The maximum atomic E-state index is 12.1. The monoisotopic (exact) mass is 416 g/mol. The van der Waals surface area contributed by atoms with E-state index in [9.17, 15) is 9.59 Å². The lowest BCUT2D eigenvalue weighted by Gasteiger charge is -2.15. The summed E-state index contributed by atoms with van der Waals surface area (Å²) in [6.07, 6.45) is 4.21. The van der Waals surface area contributed by atoms with Crippen LogP contribution < -0.4 is 9.47 Å². The third-order valence-electron chi connectivity index (χ3n) is 4.71. The van der Waals surface area contributed by atoms with E-state index in [1.807, 2.05) is 25.1 Å². The number of aryl methyl sites for hydroxylation is 2. The molecule has 0 aliphatic heterocycles. The maximum absolute atomic E-state index is 12.1. The van der Waals surface area contributed by atoms with Crippen molar-refractivity contribution < 1.29 is 28.5 Å². The highest BCUT2D eigenvalue weighted by molar-refractivity contribution is 5.97. The van der Waals surface area contributed by atoms with Crippen LogP contribution >= 0.6 is 0 Å². The molecular formula is C24H32O6. The van der Waals surface area contributed by atoms with E-state index in [1.54, 1.807) is 13.0 Å². The Morgan fingerprint density at radius 3 is 1.97 bits per heavy atom. The molecule has 6 heteroatoms. The van der Waals surface area contributed by atoms with E-state index in [1.165, 1.54) is 0 Å². The molecule has 0 heterocycles. The highest BCUT2D eigenvalue weighted by Crippen LogP contribution is 2.37. The molecule has 0 aromatic heterocycles. The Balaban J connectivity index is 2.19. The van der Waals surface area contributed by atoms with Gasteiger partial charge in [-0.05, 0) is 44.4 Å². The average Bonchev–Trinajstić information content (AvgIpc) is 2.71. The van der Waals surface area contributed by atoms with Gasteiger partial charge in [0, 0.05) is 10.8 Å². The second-order valence-electron chi connectivity index (χ2n) is 7.39. The lowest BCUT2D eigenvalue weighted by molar-refractivity contribution is 0.0957. The molecule has 0 atom stereocenters. The maximum Gasteiger partial charge on any atom is 0.513 e. The van der Waals surface area contributed by atoms with E-state index < -0.39 is 12.3 Å². The molecule has 0 saturated carbocycles. The fraction of sp³-hybridized carbons (Fsp3) is 0.500. The third kappa shape index (κ3) is 6.94. The Morgan fingerprint density at radius 1 is 0.767 bits per heavy atom. The molecule has 0 saturated heterocycles. The van der Waals surface area contributed by atoms with Gasteiger partial charge in [0.05, 0.1) is 13.2 Å². The van der Waals surface area contributed by atoms with Gasteiger partial charge in [-0.1, -0.05) is 57.2 Å². The van der Waals surface area contributed by atoms with E-state index in [4.69, 9.17) is 18.9 Å². The predicted octanol–water partition coefficient (Wildman–Crippen LogP) is 6.87. The van der Waals surface area contributed by atoms with Crippen molar-refractivity contribution in [3.8, 4) is 11.5 Å². The molecule has 6 nitrogen and oxygen atoms in total. The van der Waals surface area contributed by atoms with Gasteiger partial charge in [0.25, 0.3) is 0 Å². The summed E-state index contributed by atoms with van der Waals surface area (Å²) in [6, 6.07) is 7.31. The summed E-state index contributed by atoms with van der Waals surface area (Å²) in [6.45, 7) is 8.55. The molecule has 0 aliphatic rings. The summed E-state index contributed by atoms with van der Waals surface area (Å²) in [4.78, 5) is 24.2. The molecule has 0 fully saturated rings. The van der Waals surface area contributed by atoms with Gasteiger partial charge in [0.15, 0.2) is 0 Å². The first-order chi connectivity index (χ1) is 14.5. The molecule has 2 aromatic rings. The minimum absolute atomic E-state index is 0.327. The first-order valence-corrected chi connectivity index (χ1v) is 10.7. The molecule has 0 unspecified atom stereocenters. The highest BCUT2D eigenvalue weighted by Gasteiger charge is 2.18. The van der Waals surface area contributed by atoms with Crippen molar-refractivity contribution in [1.29, 1.82) is 0 Å². The van der Waals surface area contributed by atoms with Crippen LogP contribution in [0.4, 0.5) is 9.59 Å². The Hall–Kier alpha value is -2.76. The zero-order valence-electron chi connectivity index (χ0n) is 18.4. The summed E-state index contributed by atoms with van der Waals surface area (Å²) < 4.78 is 21.3. The lowest BCUT2D eigenvalue weighted by Crippen LogP contribution is -2.14. The summed E-state index contributed by atoms with van der Waals surface area (Å²) in [5.74, 6) is 0.768. The van der Waals surface area contributed by atoms with Crippen molar-refractivity contribution in [1.82, 2.24) is 0 Å². The summed E-state index contributed by atoms with van der Waals surface area (Å²) in [5, 5.41) is 1.33. The van der Waals surface area contributed by atoms with Crippen LogP contribution in [0.2, 0.25) is 0 Å². The van der Waals surface area contributed by atoms with Gasteiger partial charge >= 0.3 is 12.3 Å². The number of fused-ring (bicyclic) bond motifs is 1. The van der Waals surface area contributed by atoms with Crippen molar-refractivity contribution in [2.45, 2.75) is 66.2 Å². The van der Waals surface area contributed by atoms with E-state index >= 15 is 0 Å². The lowest BCUT2D eigenvalue weighted by atomic mass is 10.0. The molecule has 2 rings (SSSR count). The number of hydrogen-bond donors (Lipinski definition) is 0. The van der Waals surface area contributed by atoms with Crippen LogP contribution in [0.5, 0.6) is 11.5 Å². The van der Waals surface area contributed by atoms with Crippen molar-refractivity contribution >= 4 is 23.1 Å². The average molecular weight is 417 g/mol. The van der Waals surface area contributed by atoms with Gasteiger partial charge in [-0.3, -0.25) is 0 Å². The van der Waals surface area contributed by atoms with Gasteiger partial charge in [-0.15, -0.1) is 0 Å². The number of hydrogen-bond acceptors (Lipinski definition) is 6. The third-order valence-corrected chi connectivity index (χ3v) is 4.71. The predicted molar refractivity (Wildman–Crippen MR) is 116 cm³/mol. The fourth-order valence-electron chi connectivity index (χ4n) is 3.08. The van der Waals surface area contributed by atoms with Crippen molar-refractivity contribution in [2.75, 3.05) is 13.2 Å². The van der Waals surface area contributed by atoms with E-state index in [-0.39, 0.29) is 0 Å².